The minimum absolute atomic E-state index is 0.178. The molecular formula is C16H14FN5O2. The largest absolute Gasteiger partial charge is 0.464 e. The van der Waals surface area contributed by atoms with Crippen LogP contribution in [0.4, 0.5) is 4.39 Å². The van der Waals surface area contributed by atoms with Gasteiger partial charge in [0, 0.05) is 35.1 Å². The van der Waals surface area contributed by atoms with Crippen LogP contribution in [0.3, 0.4) is 0 Å². The third-order valence-corrected chi connectivity index (χ3v) is 3.79. The second-order valence-electron chi connectivity index (χ2n) is 5.23. The van der Waals surface area contributed by atoms with Gasteiger partial charge in [0.2, 0.25) is 0 Å². The number of halogens is 1. The van der Waals surface area contributed by atoms with Crippen molar-refractivity contribution >= 4 is 16.7 Å². The first-order valence-corrected chi connectivity index (χ1v) is 7.45. The number of nitrogens with zero attached hydrogens (tertiary/aromatic N) is 4. The number of fused-ring (bicyclic) bond motifs is 2. The van der Waals surface area contributed by atoms with E-state index < -0.39 is 5.82 Å². The van der Waals surface area contributed by atoms with E-state index >= 15 is 0 Å². The molecule has 122 valence electrons. The molecule has 0 bridgehead atoms. The molecule has 4 heterocycles. The molecule has 8 heteroatoms. The Labute approximate surface area is 135 Å². The van der Waals surface area contributed by atoms with E-state index in [1.54, 1.807) is 23.0 Å². The van der Waals surface area contributed by atoms with Crippen LogP contribution in [-0.2, 0) is 6.61 Å². The maximum Gasteiger partial charge on any atom is 0.318 e. The van der Waals surface area contributed by atoms with E-state index in [2.05, 4.69) is 19.9 Å². The summed E-state index contributed by atoms with van der Waals surface area (Å²) < 4.78 is 21.2. The van der Waals surface area contributed by atoms with Gasteiger partial charge in [0.05, 0.1) is 25.1 Å². The van der Waals surface area contributed by atoms with Gasteiger partial charge in [-0.05, 0) is 13.0 Å². The van der Waals surface area contributed by atoms with Crippen LogP contribution >= 0.6 is 0 Å². The Kier molecular flexibility index (Phi) is 3.39. The Morgan fingerprint density at radius 3 is 3.00 bits per heavy atom. The number of aliphatic hydroxyl groups is 1. The van der Waals surface area contributed by atoms with Crippen LogP contribution in [0.2, 0.25) is 0 Å². The number of hydrogen-bond acceptors (Lipinski definition) is 5. The van der Waals surface area contributed by atoms with Crippen LogP contribution in [0, 0.1) is 5.82 Å². The number of aromatic nitrogens is 5. The average Bonchev–Trinajstić information content (AvgIpc) is 3.18. The molecule has 0 saturated heterocycles. The van der Waals surface area contributed by atoms with Gasteiger partial charge < -0.3 is 14.8 Å². The van der Waals surface area contributed by atoms with Crippen molar-refractivity contribution in [3.63, 3.8) is 0 Å². The van der Waals surface area contributed by atoms with Crippen molar-refractivity contribution in [1.29, 1.82) is 0 Å². The summed E-state index contributed by atoms with van der Waals surface area (Å²) in [5, 5.41) is 10.1. The van der Waals surface area contributed by atoms with Gasteiger partial charge in [0.15, 0.2) is 11.5 Å². The number of pyridine rings is 1. The molecule has 0 atom stereocenters. The summed E-state index contributed by atoms with van der Waals surface area (Å²) in [4.78, 5) is 15.5. The van der Waals surface area contributed by atoms with Crippen LogP contribution < -0.4 is 4.74 Å². The van der Waals surface area contributed by atoms with Crippen molar-refractivity contribution in [1.82, 2.24) is 24.3 Å². The third kappa shape index (κ3) is 2.19. The number of H-pyrrole nitrogens is 1. The predicted octanol–water partition coefficient (Wildman–Crippen LogP) is 2.30. The van der Waals surface area contributed by atoms with Gasteiger partial charge >= 0.3 is 6.01 Å². The Bertz CT molecular complexity index is 1040. The van der Waals surface area contributed by atoms with E-state index in [4.69, 9.17) is 4.74 Å². The lowest BCUT2D eigenvalue weighted by Gasteiger charge is -2.05. The quantitative estimate of drug-likeness (QED) is 0.600. The zero-order valence-corrected chi connectivity index (χ0v) is 12.8. The van der Waals surface area contributed by atoms with E-state index in [9.17, 15) is 9.50 Å². The Hall–Kier alpha value is -3.00. The summed E-state index contributed by atoms with van der Waals surface area (Å²) in [5.41, 5.74) is 2.69. The van der Waals surface area contributed by atoms with E-state index in [0.29, 0.717) is 23.5 Å². The van der Waals surface area contributed by atoms with Crippen molar-refractivity contribution in [3.8, 4) is 17.1 Å². The first-order valence-electron chi connectivity index (χ1n) is 7.45. The summed E-state index contributed by atoms with van der Waals surface area (Å²) in [6.45, 7) is 2.11. The van der Waals surface area contributed by atoms with Crippen LogP contribution in [0.1, 0.15) is 12.6 Å². The smallest absolute Gasteiger partial charge is 0.318 e. The average molecular weight is 327 g/mol. The number of aromatic amines is 1. The lowest BCUT2D eigenvalue weighted by molar-refractivity contribution is 0.276. The maximum absolute atomic E-state index is 14.3. The maximum atomic E-state index is 14.3. The van der Waals surface area contributed by atoms with Gasteiger partial charge in [-0.3, -0.25) is 4.40 Å². The second kappa shape index (κ2) is 5.57. The SMILES string of the molecule is CCOc1ncc2c(-c3cc(F)c4ncc(CO)n4c3)c[nH]c2n1. The van der Waals surface area contributed by atoms with Crippen molar-refractivity contribution in [2.24, 2.45) is 0 Å². The van der Waals surface area contributed by atoms with Crippen molar-refractivity contribution < 1.29 is 14.2 Å². The highest BCUT2D eigenvalue weighted by Crippen LogP contribution is 2.29. The number of imidazole rings is 1. The lowest BCUT2D eigenvalue weighted by Crippen LogP contribution is -1.97. The van der Waals surface area contributed by atoms with Crippen molar-refractivity contribution in [2.75, 3.05) is 6.61 Å². The van der Waals surface area contributed by atoms with Gasteiger partial charge in [-0.15, -0.1) is 0 Å². The zero-order valence-electron chi connectivity index (χ0n) is 12.8. The molecule has 0 aliphatic rings. The van der Waals surface area contributed by atoms with Gasteiger partial charge in [-0.1, -0.05) is 0 Å². The highest BCUT2D eigenvalue weighted by atomic mass is 19.1. The molecular weight excluding hydrogens is 313 g/mol. The minimum atomic E-state index is -0.464. The second-order valence-corrected chi connectivity index (χ2v) is 5.23. The van der Waals surface area contributed by atoms with Crippen molar-refractivity contribution in [3.05, 3.63) is 42.4 Å². The normalized spacial score (nSPS) is 11.5. The molecule has 0 spiro atoms. The molecule has 0 aliphatic heterocycles. The molecule has 24 heavy (non-hydrogen) atoms. The van der Waals surface area contributed by atoms with Gasteiger partial charge in [-0.2, -0.15) is 4.98 Å². The van der Waals surface area contributed by atoms with Crippen LogP contribution in [-0.4, -0.2) is 36.1 Å². The molecule has 0 aromatic carbocycles. The van der Waals surface area contributed by atoms with Crippen LogP contribution in [0.15, 0.2) is 30.9 Å². The lowest BCUT2D eigenvalue weighted by atomic mass is 10.1. The Morgan fingerprint density at radius 2 is 2.21 bits per heavy atom. The summed E-state index contributed by atoms with van der Waals surface area (Å²) in [7, 11) is 0. The monoisotopic (exact) mass is 327 g/mol. The summed E-state index contributed by atoms with van der Waals surface area (Å²) >= 11 is 0. The fourth-order valence-electron chi connectivity index (χ4n) is 2.69. The molecule has 4 aromatic rings. The van der Waals surface area contributed by atoms with Gasteiger partial charge in [0.1, 0.15) is 5.65 Å². The molecule has 0 unspecified atom stereocenters. The standard InChI is InChI=1S/C16H14FN5O2/c1-2-24-16-20-6-12-11(5-18-14(12)21-16)9-3-13(17)15-19-4-10(8-23)22(15)7-9/h3-7,23H,2,8H2,1H3,(H,18,20,21). The summed E-state index contributed by atoms with van der Waals surface area (Å²) in [6, 6.07) is 1.69. The number of aliphatic hydroxyl groups excluding tert-OH is 1. The molecule has 0 radical (unpaired) electrons. The van der Waals surface area contributed by atoms with Crippen LogP contribution in [0.5, 0.6) is 6.01 Å². The van der Waals surface area contributed by atoms with Gasteiger partial charge in [-0.25, -0.2) is 14.4 Å². The molecule has 7 nitrogen and oxygen atoms in total. The first kappa shape index (κ1) is 14.6. The molecule has 2 N–H and O–H groups in total. The molecule has 0 amide bonds. The van der Waals surface area contributed by atoms with E-state index in [-0.39, 0.29) is 18.3 Å². The fourth-order valence-corrected chi connectivity index (χ4v) is 2.69. The van der Waals surface area contributed by atoms with E-state index in [1.807, 2.05) is 6.92 Å². The topological polar surface area (TPSA) is 88.3 Å². The number of rotatable bonds is 4. The van der Waals surface area contributed by atoms with Gasteiger partial charge in [0.25, 0.3) is 0 Å². The first-order chi connectivity index (χ1) is 11.7. The number of nitrogens with one attached hydrogen (secondary N) is 1. The summed E-state index contributed by atoms with van der Waals surface area (Å²) in [5.74, 6) is -0.464. The molecule has 4 aromatic heterocycles. The third-order valence-electron chi connectivity index (χ3n) is 3.79. The highest BCUT2D eigenvalue weighted by Gasteiger charge is 2.14. The van der Waals surface area contributed by atoms with Crippen LogP contribution in [0.25, 0.3) is 27.8 Å². The van der Waals surface area contributed by atoms with E-state index in [0.717, 1.165) is 10.9 Å². The Morgan fingerprint density at radius 1 is 1.33 bits per heavy atom. The minimum Gasteiger partial charge on any atom is -0.464 e. The zero-order chi connectivity index (χ0) is 16.7. The van der Waals surface area contributed by atoms with E-state index in [1.165, 1.54) is 12.3 Å². The number of ether oxygens (including phenoxy) is 1. The predicted molar refractivity (Wildman–Crippen MR) is 85.1 cm³/mol. The number of hydrogen-bond donors (Lipinski definition) is 2. The molecule has 0 saturated carbocycles. The summed E-state index contributed by atoms with van der Waals surface area (Å²) in [6.07, 6.45) is 6.57. The molecule has 0 aliphatic carbocycles. The Balaban J connectivity index is 1.89. The highest BCUT2D eigenvalue weighted by molar-refractivity contribution is 5.93. The fraction of sp³-hybridized carbons (Fsp3) is 0.188. The van der Waals surface area contributed by atoms with Crippen molar-refractivity contribution in [2.45, 2.75) is 13.5 Å². The molecule has 0 fully saturated rings. The molecule has 4 rings (SSSR count).